The molecule has 15 heavy (non-hydrogen) atoms. The largest absolute Gasteiger partial charge is 0.369 e. The van der Waals surface area contributed by atoms with E-state index in [0.29, 0.717) is 6.08 Å². The van der Waals surface area contributed by atoms with Gasteiger partial charge in [0.05, 0.1) is 4.91 Å². The summed E-state index contributed by atoms with van der Waals surface area (Å²) in [7, 11) is -9.48. The summed E-state index contributed by atoms with van der Waals surface area (Å²) in [6.45, 7) is 0. The Balaban J connectivity index is 3.34. The van der Waals surface area contributed by atoms with Crippen molar-refractivity contribution < 1.29 is 31.0 Å². The molecule has 0 saturated heterocycles. The third-order valence-electron chi connectivity index (χ3n) is 1.80. The van der Waals surface area contributed by atoms with Gasteiger partial charge in [0, 0.05) is 6.42 Å². The highest BCUT2D eigenvalue weighted by Gasteiger charge is 2.40. The van der Waals surface area contributed by atoms with Gasteiger partial charge in [-0.2, -0.15) is 16.8 Å². The summed E-state index contributed by atoms with van der Waals surface area (Å²) in [5.41, 5.74) is 0. The van der Waals surface area contributed by atoms with Crippen molar-refractivity contribution in [1.29, 1.82) is 0 Å². The first kappa shape index (κ1) is 12.3. The molecule has 0 heterocycles. The van der Waals surface area contributed by atoms with Crippen LogP contribution in [0.2, 0.25) is 0 Å². The van der Waals surface area contributed by atoms with Crippen LogP contribution >= 0.6 is 0 Å². The average molecular weight is 256 g/mol. The average Bonchev–Trinajstić information content (AvgIpc) is 2.00. The van der Waals surface area contributed by atoms with Gasteiger partial charge in [0.25, 0.3) is 20.2 Å². The Morgan fingerprint density at radius 3 is 2.13 bits per heavy atom. The number of rotatable bonds is 2. The fourth-order valence-corrected chi connectivity index (χ4v) is 2.28. The Bertz CT molecular complexity index is 524. The molecule has 0 saturated carbocycles. The van der Waals surface area contributed by atoms with Gasteiger partial charge in [-0.05, 0) is 12.2 Å². The van der Waals surface area contributed by atoms with Crippen LogP contribution in [0.1, 0.15) is 6.42 Å². The quantitative estimate of drug-likeness (QED) is 0.557. The lowest BCUT2D eigenvalue weighted by Gasteiger charge is -2.22. The highest BCUT2D eigenvalue weighted by molar-refractivity contribution is 7.90. The summed E-state index contributed by atoms with van der Waals surface area (Å²) in [5.74, 6) is 0. The molecule has 1 atom stereocenters. The molecule has 1 aliphatic carbocycles. The molecule has 7 nitrogen and oxygen atoms in total. The lowest BCUT2D eigenvalue weighted by Crippen LogP contribution is -2.37. The maximum Gasteiger partial charge on any atom is 0.299 e. The minimum Gasteiger partial charge on any atom is -0.369 e. The van der Waals surface area contributed by atoms with Gasteiger partial charge in [0.2, 0.25) is 4.93 Å². The second-order valence-corrected chi connectivity index (χ2v) is 6.03. The fourth-order valence-electron chi connectivity index (χ4n) is 1.01. The van der Waals surface area contributed by atoms with Crippen LogP contribution in [-0.2, 0) is 20.2 Å². The maximum atomic E-state index is 10.7. The topological polar surface area (TPSA) is 129 Å². The van der Waals surface area contributed by atoms with Gasteiger partial charge < -0.3 is 5.11 Å². The van der Waals surface area contributed by atoms with Crippen LogP contribution in [0.4, 0.5) is 0 Å². The molecule has 0 fully saturated rings. The van der Waals surface area contributed by atoms with Crippen LogP contribution in [-0.4, -0.2) is 36.0 Å². The molecule has 0 aromatic rings. The van der Waals surface area contributed by atoms with Crippen molar-refractivity contribution in [3.8, 4) is 0 Å². The minimum atomic E-state index is -4.87. The lowest BCUT2D eigenvalue weighted by molar-refractivity contribution is 0.162. The van der Waals surface area contributed by atoms with Crippen molar-refractivity contribution in [2.75, 3.05) is 0 Å². The van der Waals surface area contributed by atoms with Crippen molar-refractivity contribution in [3.05, 3.63) is 23.1 Å². The molecule has 0 bridgehead atoms. The van der Waals surface area contributed by atoms with Crippen molar-refractivity contribution in [3.63, 3.8) is 0 Å². The third-order valence-corrected chi connectivity index (χ3v) is 3.83. The van der Waals surface area contributed by atoms with Crippen molar-refractivity contribution in [2.45, 2.75) is 11.4 Å². The van der Waals surface area contributed by atoms with E-state index in [9.17, 15) is 21.9 Å². The van der Waals surface area contributed by atoms with Gasteiger partial charge >= 0.3 is 0 Å². The zero-order valence-electron chi connectivity index (χ0n) is 7.23. The first-order valence-corrected chi connectivity index (χ1v) is 6.50. The van der Waals surface area contributed by atoms with Crippen molar-refractivity contribution >= 4 is 20.2 Å². The summed E-state index contributed by atoms with van der Waals surface area (Å²) >= 11 is 0. The highest BCUT2D eigenvalue weighted by atomic mass is 32.2. The molecule has 1 rings (SSSR count). The Labute approximate surface area is 86.2 Å². The summed E-state index contributed by atoms with van der Waals surface area (Å²) in [4.78, 5) is -3.50. The van der Waals surface area contributed by atoms with E-state index >= 15 is 0 Å². The van der Waals surface area contributed by atoms with Gasteiger partial charge in [0.15, 0.2) is 0 Å². The highest BCUT2D eigenvalue weighted by Crippen LogP contribution is 2.27. The zero-order chi connectivity index (χ0) is 11.9. The molecule has 0 amide bonds. The van der Waals surface area contributed by atoms with Gasteiger partial charge in [-0.3, -0.25) is 9.11 Å². The van der Waals surface area contributed by atoms with Crippen LogP contribution in [0.5, 0.6) is 0 Å². The van der Waals surface area contributed by atoms with E-state index in [1.165, 1.54) is 0 Å². The van der Waals surface area contributed by atoms with E-state index in [4.69, 9.17) is 9.11 Å². The standard InChI is InChI=1S/C6H8O7S2/c7-6(15(11,12)13)3-1-2-5(4-6)14(8,9)10/h1-2,4,7H,3H2,(H,8,9,10)(H,11,12,13). The smallest absolute Gasteiger partial charge is 0.299 e. The van der Waals surface area contributed by atoms with Crippen molar-refractivity contribution in [1.82, 2.24) is 0 Å². The van der Waals surface area contributed by atoms with Crippen LogP contribution < -0.4 is 0 Å². The molecule has 0 spiro atoms. The van der Waals surface area contributed by atoms with Gasteiger partial charge in [-0.1, -0.05) is 6.08 Å². The van der Waals surface area contributed by atoms with E-state index in [2.05, 4.69) is 0 Å². The molecule has 0 radical (unpaired) electrons. The summed E-state index contributed by atoms with van der Waals surface area (Å²) in [5, 5.41) is 9.40. The first-order valence-electron chi connectivity index (χ1n) is 3.62. The minimum absolute atomic E-state index is 0.373. The van der Waals surface area contributed by atoms with Gasteiger partial charge in [0.1, 0.15) is 0 Å². The second-order valence-electron chi connectivity index (χ2n) is 2.95. The van der Waals surface area contributed by atoms with Crippen LogP contribution in [0.25, 0.3) is 0 Å². The Morgan fingerprint density at radius 2 is 1.73 bits per heavy atom. The SMILES string of the molecule is O=S(=O)(O)C1=CC(O)(S(=O)(=O)O)CC=C1. The Morgan fingerprint density at radius 1 is 1.20 bits per heavy atom. The van der Waals surface area contributed by atoms with E-state index in [1.54, 1.807) is 0 Å². The summed E-state index contributed by atoms with van der Waals surface area (Å²) < 4.78 is 60.0. The second kappa shape index (κ2) is 3.39. The number of hydrogen-bond acceptors (Lipinski definition) is 5. The zero-order valence-corrected chi connectivity index (χ0v) is 8.86. The maximum absolute atomic E-state index is 10.7. The summed E-state index contributed by atoms with van der Waals surface area (Å²) in [6.07, 6.45) is 1.81. The monoisotopic (exact) mass is 256 g/mol. The molecule has 86 valence electrons. The van der Waals surface area contributed by atoms with E-state index in [1.807, 2.05) is 0 Å². The molecular weight excluding hydrogens is 248 g/mol. The molecule has 0 aliphatic heterocycles. The van der Waals surface area contributed by atoms with E-state index in [0.717, 1.165) is 12.2 Å². The predicted molar refractivity (Wildman–Crippen MR) is 49.9 cm³/mol. The summed E-state index contributed by atoms with van der Waals surface area (Å²) in [6, 6.07) is 0. The molecule has 0 aromatic carbocycles. The van der Waals surface area contributed by atoms with Crippen molar-refractivity contribution in [2.24, 2.45) is 0 Å². The lowest BCUT2D eigenvalue weighted by atomic mass is 10.1. The van der Waals surface area contributed by atoms with E-state index < -0.39 is 36.5 Å². The van der Waals surface area contributed by atoms with Gasteiger partial charge in [-0.15, -0.1) is 0 Å². The Kier molecular flexibility index (Phi) is 2.78. The van der Waals surface area contributed by atoms with E-state index in [-0.39, 0.29) is 0 Å². The molecule has 0 aromatic heterocycles. The number of aliphatic hydroxyl groups is 1. The van der Waals surface area contributed by atoms with Crippen LogP contribution in [0.3, 0.4) is 0 Å². The number of allylic oxidation sites excluding steroid dienone is 1. The van der Waals surface area contributed by atoms with Crippen LogP contribution in [0.15, 0.2) is 23.1 Å². The normalized spacial score (nSPS) is 27.5. The Hall–Kier alpha value is -0.740. The molecule has 3 N–H and O–H groups in total. The van der Waals surface area contributed by atoms with Crippen LogP contribution in [0, 0.1) is 0 Å². The number of hydrogen-bond donors (Lipinski definition) is 3. The molecule has 1 unspecified atom stereocenters. The molecule has 9 heteroatoms. The molecular formula is C6H8O7S2. The predicted octanol–water partition coefficient (Wildman–Crippen LogP) is -0.706. The van der Waals surface area contributed by atoms with Gasteiger partial charge in [-0.25, -0.2) is 0 Å². The third kappa shape index (κ3) is 2.44. The fraction of sp³-hybridized carbons (Fsp3) is 0.333. The first-order chi connectivity index (χ1) is 6.56. The molecule has 1 aliphatic rings.